The minimum Gasteiger partial charge on any atom is -0.311 e. The van der Waals surface area contributed by atoms with Gasteiger partial charge >= 0.3 is 0 Å². The van der Waals surface area contributed by atoms with Gasteiger partial charge in [-0.25, -0.2) is 0 Å². The van der Waals surface area contributed by atoms with Crippen LogP contribution in [-0.4, -0.2) is 24.1 Å². The fourth-order valence-electron chi connectivity index (χ4n) is 4.93. The molecule has 5 nitrogen and oxygen atoms in total. The number of hydrogen-bond acceptors (Lipinski definition) is 5. The first kappa shape index (κ1) is 23.9. The van der Waals surface area contributed by atoms with Crippen LogP contribution in [0, 0.1) is 0 Å². The molecule has 0 aromatic heterocycles. The third-order valence-electron chi connectivity index (χ3n) is 6.96. The molecule has 5 heteroatoms. The van der Waals surface area contributed by atoms with Gasteiger partial charge in [-0.3, -0.25) is 19.2 Å². The second kappa shape index (κ2) is 9.80. The number of hydrogen-bond donors (Lipinski definition) is 0. The standard InChI is InChI=1S/C34H21NO4/c36-20-22-5-12-26(13-6-22)35(27-14-7-23(21-37)8-15-27)28-16-9-24(10-17-28)25-11-18-31-32(19-25)34(39)30-4-2-1-3-29(30)33(31)38/h1-21H. The predicted octanol–water partition coefficient (Wildman–Crippen LogP) is 7.22. The van der Waals surface area contributed by atoms with Crippen molar-refractivity contribution in [1.29, 1.82) is 0 Å². The summed E-state index contributed by atoms with van der Waals surface area (Å²) in [5, 5.41) is 0. The number of rotatable bonds is 6. The summed E-state index contributed by atoms with van der Waals surface area (Å²) in [7, 11) is 0. The summed E-state index contributed by atoms with van der Waals surface area (Å²) in [6, 6.07) is 34.7. The van der Waals surface area contributed by atoms with Crippen LogP contribution in [0.15, 0.2) is 115 Å². The van der Waals surface area contributed by atoms with E-state index in [1.165, 1.54) is 0 Å². The zero-order chi connectivity index (χ0) is 26.9. The van der Waals surface area contributed by atoms with Crippen molar-refractivity contribution < 1.29 is 19.2 Å². The lowest BCUT2D eigenvalue weighted by Gasteiger charge is -2.26. The Morgan fingerprint density at radius 3 is 1.33 bits per heavy atom. The molecule has 1 aliphatic carbocycles. The topological polar surface area (TPSA) is 71.5 Å². The molecule has 0 N–H and O–H groups in total. The van der Waals surface area contributed by atoms with Crippen molar-refractivity contribution in [3.63, 3.8) is 0 Å². The van der Waals surface area contributed by atoms with Crippen LogP contribution in [0.25, 0.3) is 11.1 Å². The molecule has 5 aromatic carbocycles. The van der Waals surface area contributed by atoms with Crippen molar-refractivity contribution in [3.05, 3.63) is 149 Å². The molecule has 0 radical (unpaired) electrons. The van der Waals surface area contributed by atoms with E-state index in [2.05, 4.69) is 0 Å². The molecule has 5 aromatic rings. The van der Waals surface area contributed by atoms with Gasteiger partial charge in [0.25, 0.3) is 0 Å². The Kier molecular flexibility index (Phi) is 6.02. The second-order valence-electron chi connectivity index (χ2n) is 9.27. The maximum absolute atomic E-state index is 13.2. The lowest BCUT2D eigenvalue weighted by molar-refractivity contribution is 0.0979. The van der Waals surface area contributed by atoms with Crippen LogP contribution in [0.5, 0.6) is 0 Å². The number of fused-ring (bicyclic) bond motifs is 2. The van der Waals surface area contributed by atoms with E-state index in [0.29, 0.717) is 33.4 Å². The van der Waals surface area contributed by atoms with E-state index in [1.54, 1.807) is 60.7 Å². The summed E-state index contributed by atoms with van der Waals surface area (Å²) in [5.41, 5.74) is 7.15. The first-order valence-corrected chi connectivity index (χ1v) is 12.4. The fraction of sp³-hybridized carbons (Fsp3) is 0. The number of anilines is 3. The molecule has 0 unspecified atom stereocenters. The normalized spacial score (nSPS) is 11.9. The van der Waals surface area contributed by atoms with E-state index in [4.69, 9.17) is 0 Å². The molecule has 39 heavy (non-hydrogen) atoms. The van der Waals surface area contributed by atoms with Gasteiger partial charge in [0.05, 0.1) is 0 Å². The maximum atomic E-state index is 13.2. The highest BCUT2D eigenvalue weighted by Gasteiger charge is 2.29. The Bertz CT molecular complexity index is 1700. The molecule has 0 heterocycles. The van der Waals surface area contributed by atoms with Crippen molar-refractivity contribution in [1.82, 2.24) is 0 Å². The third kappa shape index (κ3) is 4.26. The fourth-order valence-corrected chi connectivity index (χ4v) is 4.93. The highest BCUT2D eigenvalue weighted by atomic mass is 16.1. The summed E-state index contributed by atoms with van der Waals surface area (Å²) in [6.45, 7) is 0. The Balaban J connectivity index is 1.37. The van der Waals surface area contributed by atoms with Crippen LogP contribution in [0.1, 0.15) is 52.6 Å². The molecule has 0 fully saturated rings. The van der Waals surface area contributed by atoms with Crippen LogP contribution in [0.2, 0.25) is 0 Å². The number of carbonyl (C=O) groups excluding carboxylic acids is 4. The lowest BCUT2D eigenvalue weighted by atomic mass is 9.83. The summed E-state index contributed by atoms with van der Waals surface area (Å²) in [5.74, 6) is -0.290. The monoisotopic (exact) mass is 507 g/mol. The third-order valence-corrected chi connectivity index (χ3v) is 6.96. The van der Waals surface area contributed by atoms with Gasteiger partial charge in [0.1, 0.15) is 12.6 Å². The molecule has 0 saturated heterocycles. The highest BCUT2D eigenvalue weighted by Crippen LogP contribution is 2.36. The predicted molar refractivity (Wildman–Crippen MR) is 151 cm³/mol. The number of benzene rings is 5. The summed E-state index contributed by atoms with van der Waals surface area (Å²) < 4.78 is 0. The smallest absolute Gasteiger partial charge is 0.194 e. The van der Waals surface area contributed by atoms with Crippen molar-refractivity contribution in [2.24, 2.45) is 0 Å². The van der Waals surface area contributed by atoms with Crippen LogP contribution in [-0.2, 0) is 0 Å². The summed E-state index contributed by atoms with van der Waals surface area (Å²) in [6.07, 6.45) is 1.61. The van der Waals surface area contributed by atoms with Crippen molar-refractivity contribution in [3.8, 4) is 11.1 Å². The molecular weight excluding hydrogens is 486 g/mol. The van der Waals surface area contributed by atoms with Gasteiger partial charge in [0.15, 0.2) is 11.6 Å². The molecule has 0 aliphatic heterocycles. The zero-order valence-electron chi connectivity index (χ0n) is 20.7. The van der Waals surface area contributed by atoms with Gasteiger partial charge < -0.3 is 4.90 Å². The minimum absolute atomic E-state index is 0.140. The first-order chi connectivity index (χ1) is 19.1. The molecule has 1 aliphatic rings. The number of nitrogens with zero attached hydrogens (tertiary/aromatic N) is 1. The highest BCUT2D eigenvalue weighted by molar-refractivity contribution is 6.28. The largest absolute Gasteiger partial charge is 0.311 e. The Morgan fingerprint density at radius 2 is 0.846 bits per heavy atom. The Morgan fingerprint density at radius 1 is 0.436 bits per heavy atom. The Labute approximate surface area is 225 Å². The number of carbonyl (C=O) groups is 4. The van der Waals surface area contributed by atoms with E-state index >= 15 is 0 Å². The van der Waals surface area contributed by atoms with Gasteiger partial charge in [-0.1, -0.05) is 42.5 Å². The first-order valence-electron chi connectivity index (χ1n) is 12.4. The van der Waals surface area contributed by atoms with E-state index in [-0.39, 0.29) is 11.6 Å². The molecule has 0 amide bonds. The van der Waals surface area contributed by atoms with Crippen molar-refractivity contribution >= 4 is 41.2 Å². The van der Waals surface area contributed by atoms with Crippen molar-refractivity contribution in [2.75, 3.05) is 4.90 Å². The van der Waals surface area contributed by atoms with Crippen LogP contribution >= 0.6 is 0 Å². The van der Waals surface area contributed by atoms with Gasteiger partial charge in [0, 0.05) is 50.4 Å². The quantitative estimate of drug-likeness (QED) is 0.223. The van der Waals surface area contributed by atoms with Crippen molar-refractivity contribution in [2.45, 2.75) is 0 Å². The van der Waals surface area contributed by atoms with E-state index in [0.717, 1.165) is 40.8 Å². The average molecular weight is 508 g/mol. The molecule has 6 rings (SSSR count). The van der Waals surface area contributed by atoms with Crippen LogP contribution < -0.4 is 4.90 Å². The van der Waals surface area contributed by atoms with E-state index in [1.807, 2.05) is 59.5 Å². The SMILES string of the molecule is O=Cc1ccc(N(c2ccc(C=O)cc2)c2ccc(-c3ccc4c(c3)C(=O)c3ccccc3C4=O)cc2)cc1. The molecule has 0 saturated carbocycles. The summed E-state index contributed by atoms with van der Waals surface area (Å²) >= 11 is 0. The van der Waals surface area contributed by atoms with Gasteiger partial charge in [-0.05, 0) is 83.9 Å². The van der Waals surface area contributed by atoms with Gasteiger partial charge in [-0.15, -0.1) is 0 Å². The maximum Gasteiger partial charge on any atom is 0.194 e. The molecule has 0 bridgehead atoms. The van der Waals surface area contributed by atoms with Gasteiger partial charge in [0.2, 0.25) is 0 Å². The Hall–Kier alpha value is -5.42. The lowest BCUT2D eigenvalue weighted by Crippen LogP contribution is -2.20. The molecular formula is C34H21NO4. The number of aldehydes is 2. The minimum atomic E-state index is -0.151. The molecule has 0 spiro atoms. The molecule has 0 atom stereocenters. The van der Waals surface area contributed by atoms with E-state index in [9.17, 15) is 19.2 Å². The van der Waals surface area contributed by atoms with Crippen LogP contribution in [0.3, 0.4) is 0 Å². The number of ketones is 2. The summed E-state index contributed by atoms with van der Waals surface area (Å²) in [4.78, 5) is 50.5. The zero-order valence-corrected chi connectivity index (χ0v) is 20.7. The molecule has 186 valence electrons. The van der Waals surface area contributed by atoms with Gasteiger partial charge in [-0.2, -0.15) is 0 Å². The van der Waals surface area contributed by atoms with Crippen LogP contribution in [0.4, 0.5) is 17.1 Å². The second-order valence-corrected chi connectivity index (χ2v) is 9.27. The van der Waals surface area contributed by atoms with E-state index < -0.39 is 0 Å². The average Bonchev–Trinajstić information content (AvgIpc) is 3.01.